The zero-order valence-electron chi connectivity index (χ0n) is 17.4. The lowest BCUT2D eigenvalue weighted by atomic mass is 9.90. The van der Waals surface area contributed by atoms with Crippen molar-refractivity contribution in [2.75, 3.05) is 13.1 Å². The molecule has 154 valence electrons. The molecule has 5 nitrogen and oxygen atoms in total. The second-order valence-corrected chi connectivity index (χ2v) is 8.94. The number of nitrogens with zero attached hydrogens (tertiary/aromatic N) is 1. The summed E-state index contributed by atoms with van der Waals surface area (Å²) in [6.45, 7) is 7.43. The van der Waals surface area contributed by atoms with E-state index in [0.29, 0.717) is 19.7 Å². The first-order chi connectivity index (χ1) is 13.8. The fourth-order valence-corrected chi connectivity index (χ4v) is 4.01. The van der Waals surface area contributed by atoms with Crippen LogP contribution in [-0.2, 0) is 17.8 Å². The van der Waals surface area contributed by atoms with Crippen molar-refractivity contribution in [1.82, 2.24) is 4.90 Å². The number of fused-ring (bicyclic) bond motifs is 1. The molecule has 1 spiro atoms. The van der Waals surface area contributed by atoms with Crippen molar-refractivity contribution in [3.8, 4) is 11.5 Å². The molecule has 1 atom stereocenters. The molecule has 0 unspecified atom stereocenters. The maximum absolute atomic E-state index is 12.4. The molecule has 2 aliphatic heterocycles. The minimum absolute atomic E-state index is 0.260. The Morgan fingerprint density at radius 1 is 1.10 bits per heavy atom. The fraction of sp³-hybridized carbons (Fsp3) is 0.458. The molecule has 2 aromatic rings. The molecule has 1 fully saturated rings. The van der Waals surface area contributed by atoms with Crippen LogP contribution in [0.5, 0.6) is 11.5 Å². The Balaban J connectivity index is 1.43. The summed E-state index contributed by atoms with van der Waals surface area (Å²) in [7, 11) is 0. The Bertz CT molecular complexity index is 874. The number of ether oxygens (including phenoxy) is 3. The van der Waals surface area contributed by atoms with Crippen LogP contribution in [0.15, 0.2) is 48.5 Å². The van der Waals surface area contributed by atoms with Crippen molar-refractivity contribution in [1.29, 1.82) is 0 Å². The second-order valence-electron chi connectivity index (χ2n) is 8.94. The summed E-state index contributed by atoms with van der Waals surface area (Å²) in [5.74, 6) is 1.75. The predicted octanol–water partition coefficient (Wildman–Crippen LogP) is 4.97. The van der Waals surface area contributed by atoms with Crippen LogP contribution in [0.1, 0.15) is 44.7 Å². The SMILES string of the molecule is CC(C)(C)OC(=O)N1CC[C@@]2(CCc3c(OCc4ccccc4)cccc3O2)C1. The van der Waals surface area contributed by atoms with Crippen molar-refractivity contribution >= 4 is 6.09 Å². The highest BCUT2D eigenvalue weighted by Crippen LogP contribution is 2.42. The third kappa shape index (κ3) is 4.50. The van der Waals surface area contributed by atoms with Crippen molar-refractivity contribution < 1.29 is 19.0 Å². The van der Waals surface area contributed by atoms with Crippen LogP contribution >= 0.6 is 0 Å². The van der Waals surface area contributed by atoms with Gasteiger partial charge in [0.15, 0.2) is 0 Å². The van der Waals surface area contributed by atoms with E-state index in [2.05, 4.69) is 12.1 Å². The van der Waals surface area contributed by atoms with E-state index >= 15 is 0 Å². The molecular weight excluding hydrogens is 366 g/mol. The molecule has 4 rings (SSSR count). The van der Waals surface area contributed by atoms with Gasteiger partial charge in [0.05, 0.1) is 6.54 Å². The molecular formula is C24H29NO4. The summed E-state index contributed by atoms with van der Waals surface area (Å²) in [5, 5.41) is 0. The third-order valence-corrected chi connectivity index (χ3v) is 5.45. The lowest BCUT2D eigenvalue weighted by Gasteiger charge is -2.36. The van der Waals surface area contributed by atoms with Crippen molar-refractivity contribution in [2.24, 2.45) is 0 Å². The van der Waals surface area contributed by atoms with Gasteiger partial charge in [-0.3, -0.25) is 0 Å². The molecule has 0 N–H and O–H groups in total. The number of likely N-dealkylation sites (tertiary alicyclic amines) is 1. The van der Waals surface area contributed by atoms with Gasteiger partial charge in [-0.25, -0.2) is 4.79 Å². The van der Waals surface area contributed by atoms with Crippen molar-refractivity contribution in [2.45, 2.75) is 57.8 Å². The number of carbonyl (C=O) groups is 1. The standard InChI is InChI=1S/C24H29NO4/c1-23(2,3)29-22(26)25-15-14-24(17-25)13-12-19-20(10-7-11-21(19)28-24)27-16-18-8-5-4-6-9-18/h4-11H,12-17H2,1-3H3/t24-/m0/s1. The van der Waals surface area contributed by atoms with Gasteiger partial charge in [-0.2, -0.15) is 0 Å². The van der Waals surface area contributed by atoms with E-state index < -0.39 is 5.60 Å². The molecule has 2 aromatic carbocycles. The molecule has 0 bridgehead atoms. The molecule has 5 heteroatoms. The monoisotopic (exact) mass is 395 g/mol. The first-order valence-electron chi connectivity index (χ1n) is 10.3. The topological polar surface area (TPSA) is 48.0 Å². The number of hydrogen-bond donors (Lipinski definition) is 0. The zero-order chi connectivity index (χ0) is 20.5. The number of rotatable bonds is 3. The molecule has 2 aliphatic rings. The number of amides is 1. The smallest absolute Gasteiger partial charge is 0.410 e. The highest BCUT2D eigenvalue weighted by atomic mass is 16.6. The summed E-state index contributed by atoms with van der Waals surface area (Å²) < 4.78 is 18.1. The fourth-order valence-electron chi connectivity index (χ4n) is 4.01. The van der Waals surface area contributed by atoms with Crippen LogP contribution < -0.4 is 9.47 Å². The zero-order valence-corrected chi connectivity index (χ0v) is 17.4. The molecule has 0 aromatic heterocycles. The highest BCUT2D eigenvalue weighted by Gasteiger charge is 2.45. The molecule has 0 radical (unpaired) electrons. The van der Waals surface area contributed by atoms with Crippen LogP contribution in [0.3, 0.4) is 0 Å². The average molecular weight is 395 g/mol. The normalized spacial score (nSPS) is 20.9. The number of hydrogen-bond acceptors (Lipinski definition) is 4. The van der Waals surface area contributed by atoms with Crippen molar-refractivity contribution in [3.05, 3.63) is 59.7 Å². The molecule has 1 amide bonds. The van der Waals surface area contributed by atoms with E-state index in [1.807, 2.05) is 57.2 Å². The lowest BCUT2D eigenvalue weighted by Crippen LogP contribution is -2.44. The van der Waals surface area contributed by atoms with Crippen LogP contribution in [0, 0.1) is 0 Å². The Hall–Kier alpha value is -2.69. The van der Waals surface area contributed by atoms with Crippen LogP contribution in [-0.4, -0.2) is 35.3 Å². The first-order valence-corrected chi connectivity index (χ1v) is 10.3. The minimum atomic E-state index is -0.488. The highest BCUT2D eigenvalue weighted by molar-refractivity contribution is 5.68. The Kier molecular flexibility index (Phi) is 5.15. The van der Waals surface area contributed by atoms with Gasteiger partial charge in [0.1, 0.15) is 29.3 Å². The van der Waals surface area contributed by atoms with Gasteiger partial charge >= 0.3 is 6.09 Å². The van der Waals surface area contributed by atoms with E-state index in [9.17, 15) is 4.79 Å². The third-order valence-electron chi connectivity index (χ3n) is 5.45. The van der Waals surface area contributed by atoms with Gasteiger partial charge in [0, 0.05) is 18.5 Å². The van der Waals surface area contributed by atoms with E-state index in [1.54, 1.807) is 4.90 Å². The van der Waals surface area contributed by atoms with E-state index in [1.165, 1.54) is 0 Å². The van der Waals surface area contributed by atoms with E-state index in [0.717, 1.165) is 41.9 Å². The predicted molar refractivity (Wildman–Crippen MR) is 111 cm³/mol. The average Bonchev–Trinajstić information content (AvgIpc) is 3.09. The van der Waals surface area contributed by atoms with E-state index in [4.69, 9.17) is 14.2 Å². The van der Waals surface area contributed by atoms with Gasteiger partial charge in [0.2, 0.25) is 0 Å². The quantitative estimate of drug-likeness (QED) is 0.736. The molecule has 1 saturated heterocycles. The summed E-state index contributed by atoms with van der Waals surface area (Å²) in [6, 6.07) is 16.1. The Morgan fingerprint density at radius 3 is 2.66 bits per heavy atom. The van der Waals surface area contributed by atoms with Gasteiger partial charge in [-0.05, 0) is 51.3 Å². The maximum Gasteiger partial charge on any atom is 0.410 e. The van der Waals surface area contributed by atoms with E-state index in [-0.39, 0.29) is 11.7 Å². The van der Waals surface area contributed by atoms with Gasteiger partial charge in [0.25, 0.3) is 0 Å². The first kappa shape index (κ1) is 19.6. The maximum atomic E-state index is 12.4. The minimum Gasteiger partial charge on any atom is -0.488 e. The molecule has 0 saturated carbocycles. The van der Waals surface area contributed by atoms with Crippen molar-refractivity contribution in [3.63, 3.8) is 0 Å². The largest absolute Gasteiger partial charge is 0.488 e. The van der Waals surface area contributed by atoms with Crippen LogP contribution in [0.25, 0.3) is 0 Å². The molecule has 29 heavy (non-hydrogen) atoms. The summed E-state index contributed by atoms with van der Waals surface area (Å²) in [6.07, 6.45) is 2.30. The van der Waals surface area contributed by atoms with Gasteiger partial charge < -0.3 is 19.1 Å². The Morgan fingerprint density at radius 2 is 1.90 bits per heavy atom. The summed E-state index contributed by atoms with van der Waals surface area (Å²) >= 11 is 0. The van der Waals surface area contributed by atoms with Gasteiger partial charge in [-0.15, -0.1) is 0 Å². The summed E-state index contributed by atoms with van der Waals surface area (Å²) in [4.78, 5) is 14.2. The summed E-state index contributed by atoms with van der Waals surface area (Å²) in [5.41, 5.74) is 1.44. The molecule has 0 aliphatic carbocycles. The number of carbonyl (C=O) groups excluding carboxylic acids is 1. The molecule has 2 heterocycles. The lowest BCUT2D eigenvalue weighted by molar-refractivity contribution is 0.0168. The Labute approximate surface area is 172 Å². The van der Waals surface area contributed by atoms with Crippen LogP contribution in [0.2, 0.25) is 0 Å². The van der Waals surface area contributed by atoms with Gasteiger partial charge in [-0.1, -0.05) is 36.4 Å². The van der Waals surface area contributed by atoms with Crippen LogP contribution in [0.4, 0.5) is 4.79 Å². The second kappa shape index (κ2) is 7.62. The number of benzene rings is 2.